The van der Waals surface area contributed by atoms with Crippen molar-refractivity contribution in [2.75, 3.05) is 37.2 Å². The number of carbonyl (C=O) groups is 2. The van der Waals surface area contributed by atoms with Crippen molar-refractivity contribution >= 4 is 23.2 Å². The highest BCUT2D eigenvalue weighted by Crippen LogP contribution is 2.10. The van der Waals surface area contributed by atoms with Crippen molar-refractivity contribution in [1.29, 1.82) is 0 Å². The summed E-state index contributed by atoms with van der Waals surface area (Å²) in [6.07, 6.45) is 0.915. The molecule has 1 aliphatic heterocycles. The van der Waals surface area contributed by atoms with Crippen LogP contribution in [-0.4, -0.2) is 42.9 Å². The van der Waals surface area contributed by atoms with E-state index in [0.717, 1.165) is 12.2 Å². The van der Waals surface area contributed by atoms with Crippen LogP contribution in [0, 0.1) is 0 Å². The van der Waals surface area contributed by atoms with Crippen molar-refractivity contribution in [1.82, 2.24) is 10.2 Å². The molecule has 6 heteroatoms. The van der Waals surface area contributed by atoms with Gasteiger partial charge in [-0.2, -0.15) is 0 Å². The average Bonchev–Trinajstić information content (AvgIpc) is 2.64. The van der Waals surface area contributed by atoms with E-state index >= 15 is 0 Å². The molecule has 0 bridgehead atoms. The van der Waals surface area contributed by atoms with E-state index in [9.17, 15) is 9.59 Å². The average molecular weight is 276 g/mol. The van der Waals surface area contributed by atoms with Gasteiger partial charge in [-0.15, -0.1) is 0 Å². The van der Waals surface area contributed by atoms with Gasteiger partial charge >= 0.3 is 0 Å². The Morgan fingerprint density at radius 3 is 2.80 bits per heavy atom. The maximum absolute atomic E-state index is 11.8. The predicted octanol–water partition coefficient (Wildman–Crippen LogP) is 0.419. The van der Waals surface area contributed by atoms with Gasteiger partial charge < -0.3 is 21.3 Å². The molecule has 2 rings (SSSR count). The molecule has 0 atom stereocenters. The monoisotopic (exact) mass is 276 g/mol. The predicted molar refractivity (Wildman–Crippen MR) is 78.2 cm³/mol. The highest BCUT2D eigenvalue weighted by atomic mass is 16.2. The SMILES string of the molecule is Nc1ccc(NC(=O)CCN2CCNC(=O)CC2)cc1. The van der Waals surface area contributed by atoms with Crippen LogP contribution in [0.15, 0.2) is 24.3 Å². The molecule has 1 aromatic rings. The van der Waals surface area contributed by atoms with Gasteiger partial charge in [-0.25, -0.2) is 0 Å². The zero-order chi connectivity index (χ0) is 14.4. The minimum Gasteiger partial charge on any atom is -0.399 e. The molecule has 0 unspecified atom stereocenters. The van der Waals surface area contributed by atoms with Crippen molar-refractivity contribution in [2.24, 2.45) is 0 Å². The Labute approximate surface area is 118 Å². The number of carbonyl (C=O) groups excluding carboxylic acids is 2. The van der Waals surface area contributed by atoms with Crippen LogP contribution in [-0.2, 0) is 9.59 Å². The van der Waals surface area contributed by atoms with Crippen LogP contribution < -0.4 is 16.4 Å². The molecule has 2 amide bonds. The highest BCUT2D eigenvalue weighted by Gasteiger charge is 2.14. The van der Waals surface area contributed by atoms with Crippen LogP contribution in [0.5, 0.6) is 0 Å². The summed E-state index contributed by atoms with van der Waals surface area (Å²) in [5, 5.41) is 5.64. The maximum atomic E-state index is 11.8. The van der Waals surface area contributed by atoms with E-state index in [1.165, 1.54) is 0 Å². The second-order valence-corrected chi connectivity index (χ2v) is 4.86. The van der Waals surface area contributed by atoms with Crippen molar-refractivity contribution in [3.8, 4) is 0 Å². The molecule has 0 radical (unpaired) electrons. The van der Waals surface area contributed by atoms with Gasteiger partial charge in [0.25, 0.3) is 0 Å². The van der Waals surface area contributed by atoms with Gasteiger partial charge in [0.2, 0.25) is 11.8 Å². The lowest BCUT2D eigenvalue weighted by Gasteiger charge is -2.18. The molecule has 20 heavy (non-hydrogen) atoms. The van der Waals surface area contributed by atoms with E-state index in [4.69, 9.17) is 5.73 Å². The van der Waals surface area contributed by atoms with Crippen LogP contribution >= 0.6 is 0 Å². The molecule has 1 heterocycles. The first-order valence-corrected chi connectivity index (χ1v) is 6.78. The number of nitrogens with two attached hydrogens (primary N) is 1. The van der Waals surface area contributed by atoms with Crippen LogP contribution in [0.2, 0.25) is 0 Å². The summed E-state index contributed by atoms with van der Waals surface area (Å²) < 4.78 is 0. The first kappa shape index (κ1) is 14.3. The first-order chi connectivity index (χ1) is 9.63. The molecule has 1 saturated heterocycles. The number of nitrogens with one attached hydrogen (secondary N) is 2. The largest absolute Gasteiger partial charge is 0.399 e. The van der Waals surface area contributed by atoms with Crippen LogP contribution in [0.4, 0.5) is 11.4 Å². The summed E-state index contributed by atoms with van der Waals surface area (Å²) in [6, 6.07) is 7.06. The van der Waals surface area contributed by atoms with Gasteiger partial charge in [-0.05, 0) is 24.3 Å². The standard InChI is InChI=1S/C14H20N4O2/c15-11-1-3-12(4-2-11)17-14(20)6-9-18-8-5-13(19)16-7-10-18/h1-4H,5-10,15H2,(H,16,19)(H,17,20). The number of nitrogen functional groups attached to an aromatic ring is 1. The normalized spacial score (nSPS) is 16.3. The fourth-order valence-corrected chi connectivity index (χ4v) is 2.09. The number of hydrogen-bond acceptors (Lipinski definition) is 4. The van der Waals surface area contributed by atoms with E-state index < -0.39 is 0 Å². The second kappa shape index (κ2) is 6.91. The lowest BCUT2D eigenvalue weighted by atomic mass is 10.2. The summed E-state index contributed by atoms with van der Waals surface area (Å²) in [4.78, 5) is 25.2. The topological polar surface area (TPSA) is 87.5 Å². The maximum Gasteiger partial charge on any atom is 0.225 e. The molecule has 6 nitrogen and oxygen atoms in total. The van der Waals surface area contributed by atoms with E-state index in [1.54, 1.807) is 24.3 Å². The van der Waals surface area contributed by atoms with Crippen LogP contribution in [0.3, 0.4) is 0 Å². The van der Waals surface area contributed by atoms with Gasteiger partial charge in [0.05, 0.1) is 0 Å². The molecule has 0 spiro atoms. The number of rotatable bonds is 4. The van der Waals surface area contributed by atoms with E-state index in [2.05, 4.69) is 15.5 Å². The molecule has 4 N–H and O–H groups in total. The van der Waals surface area contributed by atoms with Crippen molar-refractivity contribution in [3.05, 3.63) is 24.3 Å². The Hall–Kier alpha value is -2.08. The molecular weight excluding hydrogens is 256 g/mol. The molecule has 0 saturated carbocycles. The summed E-state index contributed by atoms with van der Waals surface area (Å²) in [6.45, 7) is 2.82. The quantitative estimate of drug-likeness (QED) is 0.696. The molecule has 1 aliphatic rings. The highest BCUT2D eigenvalue weighted by molar-refractivity contribution is 5.90. The van der Waals surface area contributed by atoms with Gasteiger partial charge in [0.15, 0.2) is 0 Å². The Morgan fingerprint density at radius 2 is 2.05 bits per heavy atom. The first-order valence-electron chi connectivity index (χ1n) is 6.78. The molecule has 0 aromatic heterocycles. The summed E-state index contributed by atoms with van der Waals surface area (Å²) in [7, 11) is 0. The molecule has 108 valence electrons. The van der Waals surface area contributed by atoms with Gasteiger partial charge in [0, 0.05) is 50.4 Å². The molecule has 1 fully saturated rings. The second-order valence-electron chi connectivity index (χ2n) is 4.86. The minimum absolute atomic E-state index is 0.0293. The Bertz CT molecular complexity index is 473. The van der Waals surface area contributed by atoms with E-state index in [1.807, 2.05) is 0 Å². The van der Waals surface area contributed by atoms with Crippen LogP contribution in [0.25, 0.3) is 0 Å². The number of hydrogen-bond donors (Lipinski definition) is 3. The lowest BCUT2D eigenvalue weighted by molar-refractivity contribution is -0.120. The van der Waals surface area contributed by atoms with Crippen molar-refractivity contribution in [2.45, 2.75) is 12.8 Å². The zero-order valence-corrected chi connectivity index (χ0v) is 11.4. The summed E-state index contributed by atoms with van der Waals surface area (Å²) >= 11 is 0. The number of benzene rings is 1. The lowest BCUT2D eigenvalue weighted by Crippen LogP contribution is -2.31. The van der Waals surface area contributed by atoms with Crippen molar-refractivity contribution < 1.29 is 9.59 Å². The Morgan fingerprint density at radius 1 is 1.30 bits per heavy atom. The molecule has 1 aromatic carbocycles. The number of amides is 2. The molecule has 0 aliphatic carbocycles. The third-order valence-electron chi connectivity index (χ3n) is 3.25. The van der Waals surface area contributed by atoms with Gasteiger partial charge in [-0.1, -0.05) is 0 Å². The Balaban J connectivity index is 1.74. The van der Waals surface area contributed by atoms with Gasteiger partial charge in [-0.3, -0.25) is 9.59 Å². The van der Waals surface area contributed by atoms with E-state index in [-0.39, 0.29) is 11.8 Å². The third-order valence-corrected chi connectivity index (χ3v) is 3.25. The summed E-state index contributed by atoms with van der Waals surface area (Å²) in [5.41, 5.74) is 7.01. The summed E-state index contributed by atoms with van der Waals surface area (Å²) in [5.74, 6) is 0.0529. The minimum atomic E-state index is -0.0293. The fraction of sp³-hybridized carbons (Fsp3) is 0.429. The van der Waals surface area contributed by atoms with Crippen molar-refractivity contribution in [3.63, 3.8) is 0 Å². The number of anilines is 2. The fourth-order valence-electron chi connectivity index (χ4n) is 2.09. The van der Waals surface area contributed by atoms with Crippen LogP contribution in [0.1, 0.15) is 12.8 Å². The number of nitrogens with zero attached hydrogens (tertiary/aromatic N) is 1. The smallest absolute Gasteiger partial charge is 0.225 e. The van der Waals surface area contributed by atoms with E-state index in [0.29, 0.717) is 38.2 Å². The van der Waals surface area contributed by atoms with Gasteiger partial charge in [0.1, 0.15) is 0 Å². The Kier molecular flexibility index (Phi) is 4.95. The zero-order valence-electron chi connectivity index (χ0n) is 11.4. The third kappa shape index (κ3) is 4.55. The molecular formula is C14H20N4O2.